The SMILES string of the molecule is Cc1ccc(C2C(C(=O)c3ccco3)=C(O)C(=O)N2c2ccc(F)c(F)c2)o1. The van der Waals surface area contributed by atoms with Crippen molar-refractivity contribution in [3.8, 4) is 0 Å². The third kappa shape index (κ3) is 2.70. The molecule has 8 heteroatoms. The second-order valence-electron chi connectivity index (χ2n) is 6.19. The van der Waals surface area contributed by atoms with Crippen LogP contribution in [0.4, 0.5) is 14.5 Å². The molecule has 1 atom stereocenters. The number of halogens is 2. The quantitative estimate of drug-likeness (QED) is 0.679. The van der Waals surface area contributed by atoms with Gasteiger partial charge in [0.2, 0.25) is 5.78 Å². The Morgan fingerprint density at radius 1 is 1.14 bits per heavy atom. The topological polar surface area (TPSA) is 83.9 Å². The third-order valence-corrected chi connectivity index (χ3v) is 4.41. The van der Waals surface area contributed by atoms with Crippen LogP contribution in [0.15, 0.2) is 68.9 Å². The predicted octanol–water partition coefficient (Wildman–Crippen LogP) is 4.24. The summed E-state index contributed by atoms with van der Waals surface area (Å²) < 4.78 is 37.8. The summed E-state index contributed by atoms with van der Waals surface area (Å²) in [7, 11) is 0. The van der Waals surface area contributed by atoms with E-state index in [4.69, 9.17) is 8.83 Å². The maximum atomic E-state index is 13.8. The Hall–Kier alpha value is -3.68. The molecular formula is C20H13F2NO5. The number of Topliss-reactive ketones (excluding diaryl/α,β-unsaturated/α-hetero) is 1. The van der Waals surface area contributed by atoms with E-state index in [1.165, 1.54) is 30.5 Å². The lowest BCUT2D eigenvalue weighted by atomic mass is 9.99. The number of rotatable bonds is 4. The molecule has 1 N–H and O–H groups in total. The van der Waals surface area contributed by atoms with Crippen LogP contribution in [-0.4, -0.2) is 16.8 Å². The van der Waals surface area contributed by atoms with E-state index in [-0.39, 0.29) is 22.8 Å². The number of carbonyl (C=O) groups excluding carboxylic acids is 2. The lowest BCUT2D eigenvalue weighted by Gasteiger charge is -2.24. The predicted molar refractivity (Wildman–Crippen MR) is 92.7 cm³/mol. The van der Waals surface area contributed by atoms with Crippen LogP contribution in [0.5, 0.6) is 0 Å². The first-order valence-corrected chi connectivity index (χ1v) is 8.24. The van der Waals surface area contributed by atoms with Crippen molar-refractivity contribution in [2.75, 3.05) is 4.90 Å². The maximum Gasteiger partial charge on any atom is 0.294 e. The van der Waals surface area contributed by atoms with Crippen LogP contribution in [0.1, 0.15) is 28.1 Å². The summed E-state index contributed by atoms with van der Waals surface area (Å²) >= 11 is 0. The van der Waals surface area contributed by atoms with Crippen molar-refractivity contribution in [3.05, 3.63) is 89.0 Å². The van der Waals surface area contributed by atoms with Crippen LogP contribution in [0.2, 0.25) is 0 Å². The molecule has 0 spiro atoms. The molecule has 6 nitrogen and oxygen atoms in total. The zero-order chi connectivity index (χ0) is 20.0. The summed E-state index contributed by atoms with van der Waals surface area (Å²) in [6.07, 6.45) is 1.28. The van der Waals surface area contributed by atoms with E-state index in [9.17, 15) is 23.5 Å². The average Bonchev–Trinajstić information content (AvgIpc) is 3.39. The van der Waals surface area contributed by atoms with Gasteiger partial charge in [-0.2, -0.15) is 0 Å². The molecule has 1 aliphatic rings. The fourth-order valence-electron chi connectivity index (χ4n) is 3.15. The number of furan rings is 2. The highest BCUT2D eigenvalue weighted by atomic mass is 19.2. The van der Waals surface area contributed by atoms with Gasteiger partial charge in [-0.05, 0) is 43.3 Å². The number of aryl methyl sites for hydroxylation is 1. The molecule has 1 aromatic carbocycles. The van der Waals surface area contributed by atoms with Gasteiger partial charge in [-0.15, -0.1) is 0 Å². The van der Waals surface area contributed by atoms with Gasteiger partial charge in [-0.25, -0.2) is 8.78 Å². The van der Waals surface area contributed by atoms with Crippen LogP contribution in [0.25, 0.3) is 0 Å². The van der Waals surface area contributed by atoms with E-state index in [1.807, 2.05) is 0 Å². The highest BCUT2D eigenvalue weighted by molar-refractivity contribution is 6.20. The molecule has 3 heterocycles. The van der Waals surface area contributed by atoms with E-state index in [0.29, 0.717) is 5.76 Å². The van der Waals surface area contributed by atoms with Gasteiger partial charge in [0.1, 0.15) is 17.6 Å². The molecule has 28 heavy (non-hydrogen) atoms. The van der Waals surface area contributed by atoms with Crippen molar-refractivity contribution in [2.24, 2.45) is 0 Å². The Labute approximate surface area is 157 Å². The molecule has 1 amide bonds. The Morgan fingerprint density at radius 2 is 1.93 bits per heavy atom. The van der Waals surface area contributed by atoms with E-state index >= 15 is 0 Å². The van der Waals surface area contributed by atoms with E-state index in [0.717, 1.165) is 17.0 Å². The average molecular weight is 385 g/mol. The van der Waals surface area contributed by atoms with Crippen LogP contribution in [0, 0.1) is 18.6 Å². The van der Waals surface area contributed by atoms with E-state index in [1.54, 1.807) is 13.0 Å². The molecule has 2 aromatic heterocycles. The number of amides is 1. The first kappa shape index (κ1) is 17.7. The van der Waals surface area contributed by atoms with Crippen LogP contribution >= 0.6 is 0 Å². The molecule has 4 rings (SSSR count). The zero-order valence-electron chi connectivity index (χ0n) is 14.5. The van der Waals surface area contributed by atoms with Crippen molar-refractivity contribution in [2.45, 2.75) is 13.0 Å². The first-order valence-electron chi connectivity index (χ1n) is 8.24. The zero-order valence-corrected chi connectivity index (χ0v) is 14.5. The number of nitrogens with zero attached hydrogens (tertiary/aromatic N) is 1. The summed E-state index contributed by atoms with van der Waals surface area (Å²) in [5.74, 6) is -4.16. The molecule has 0 radical (unpaired) electrons. The second-order valence-corrected chi connectivity index (χ2v) is 6.19. The lowest BCUT2D eigenvalue weighted by Crippen LogP contribution is -2.31. The minimum Gasteiger partial charge on any atom is -0.503 e. The molecule has 0 fully saturated rings. The third-order valence-electron chi connectivity index (χ3n) is 4.41. The number of carbonyl (C=O) groups is 2. The fraction of sp³-hybridized carbons (Fsp3) is 0.100. The summed E-state index contributed by atoms with van der Waals surface area (Å²) in [5, 5.41) is 10.4. The Bertz CT molecular complexity index is 1110. The van der Waals surface area contributed by atoms with Crippen LogP contribution < -0.4 is 4.90 Å². The van der Waals surface area contributed by atoms with Crippen molar-refractivity contribution in [1.29, 1.82) is 0 Å². The largest absolute Gasteiger partial charge is 0.503 e. The van der Waals surface area contributed by atoms with Gasteiger partial charge in [0.15, 0.2) is 23.2 Å². The van der Waals surface area contributed by atoms with Gasteiger partial charge >= 0.3 is 0 Å². The molecule has 142 valence electrons. The van der Waals surface area contributed by atoms with E-state index < -0.39 is 35.1 Å². The number of aliphatic hydroxyl groups is 1. The second kappa shape index (κ2) is 6.49. The standard InChI is InChI=1S/C20H13F2NO5/c1-10-4-7-14(28-10)17-16(18(24)15-3-2-8-27-15)19(25)20(26)23(17)11-5-6-12(21)13(22)9-11/h2-9,17,25H,1H3. The molecule has 1 aliphatic heterocycles. The van der Waals surface area contributed by atoms with Crippen molar-refractivity contribution in [1.82, 2.24) is 0 Å². The highest BCUT2D eigenvalue weighted by Crippen LogP contribution is 2.42. The van der Waals surface area contributed by atoms with Gasteiger partial charge in [0, 0.05) is 11.8 Å². The van der Waals surface area contributed by atoms with Crippen molar-refractivity contribution >= 4 is 17.4 Å². The normalized spacial score (nSPS) is 16.9. The minimum atomic E-state index is -1.18. The summed E-state index contributed by atoms with van der Waals surface area (Å²) in [4.78, 5) is 26.6. The summed E-state index contributed by atoms with van der Waals surface area (Å²) in [6.45, 7) is 1.67. The number of hydrogen-bond donors (Lipinski definition) is 1. The molecule has 1 unspecified atom stereocenters. The van der Waals surface area contributed by atoms with E-state index in [2.05, 4.69) is 0 Å². The molecule has 0 aliphatic carbocycles. The van der Waals surface area contributed by atoms with Crippen molar-refractivity contribution < 1.29 is 32.3 Å². The van der Waals surface area contributed by atoms with Gasteiger partial charge in [-0.1, -0.05) is 0 Å². The Balaban J connectivity index is 1.88. The number of benzene rings is 1. The number of hydrogen-bond acceptors (Lipinski definition) is 5. The Morgan fingerprint density at radius 3 is 2.54 bits per heavy atom. The highest BCUT2D eigenvalue weighted by Gasteiger charge is 2.46. The summed E-state index contributed by atoms with van der Waals surface area (Å²) in [6, 6.07) is 7.69. The van der Waals surface area contributed by atoms with Gasteiger partial charge in [0.25, 0.3) is 5.91 Å². The number of anilines is 1. The molecular weight excluding hydrogens is 372 g/mol. The first-order chi connectivity index (χ1) is 13.4. The lowest BCUT2D eigenvalue weighted by molar-refractivity contribution is -0.117. The number of ketones is 1. The number of aliphatic hydroxyl groups excluding tert-OH is 1. The van der Waals surface area contributed by atoms with Crippen molar-refractivity contribution in [3.63, 3.8) is 0 Å². The molecule has 0 saturated heterocycles. The monoisotopic (exact) mass is 385 g/mol. The van der Waals surface area contributed by atoms with Gasteiger partial charge in [-0.3, -0.25) is 14.5 Å². The van der Waals surface area contributed by atoms with Gasteiger partial charge < -0.3 is 13.9 Å². The fourth-order valence-corrected chi connectivity index (χ4v) is 3.15. The molecule has 3 aromatic rings. The van der Waals surface area contributed by atoms with Gasteiger partial charge in [0.05, 0.1) is 11.8 Å². The maximum absolute atomic E-state index is 13.8. The van der Waals surface area contributed by atoms with Crippen LogP contribution in [-0.2, 0) is 4.79 Å². The van der Waals surface area contributed by atoms with Crippen LogP contribution in [0.3, 0.4) is 0 Å². The molecule has 0 saturated carbocycles. The summed E-state index contributed by atoms with van der Waals surface area (Å²) in [5.41, 5.74) is -0.323. The smallest absolute Gasteiger partial charge is 0.294 e. The Kier molecular flexibility index (Phi) is 4.11. The minimum absolute atomic E-state index is 0.0447. The molecule has 0 bridgehead atoms.